The molecule has 0 saturated carbocycles. The Bertz CT molecular complexity index is 1550. The predicted molar refractivity (Wildman–Crippen MR) is 347 cm³/mol. The number of amides is 1. The van der Waals surface area contributed by atoms with Crippen LogP contribution in [0.3, 0.4) is 0 Å². The smallest absolute Gasteiger partial charge is 0.394 e. The summed E-state index contributed by atoms with van der Waals surface area (Å²) in [5.41, 5.74) is 0. The summed E-state index contributed by atoms with van der Waals surface area (Å²) in [7, 11) is -5.09. The van der Waals surface area contributed by atoms with Crippen molar-refractivity contribution in [3.63, 3.8) is 0 Å². The molecule has 12 nitrogen and oxygen atoms in total. The molecule has 1 saturated heterocycles. The number of allylic oxidation sites excluding steroid dienone is 3. The first-order valence-corrected chi connectivity index (χ1v) is 37.1. The number of aliphatic hydroxyl groups excluding tert-OH is 4. The molecule has 6 N–H and O–H groups in total. The number of carbonyl (C=O) groups is 1. The number of rotatable bonds is 64. The van der Waals surface area contributed by atoms with Crippen LogP contribution in [0.15, 0.2) is 24.3 Å². The van der Waals surface area contributed by atoms with Gasteiger partial charge >= 0.3 is 10.4 Å². The summed E-state index contributed by atoms with van der Waals surface area (Å²) in [6, 6.07) is -0.944. The maximum absolute atomic E-state index is 13.2. The van der Waals surface area contributed by atoms with Crippen LogP contribution in [0, 0.1) is 0 Å². The van der Waals surface area contributed by atoms with Crippen molar-refractivity contribution < 1.29 is 51.8 Å². The Morgan fingerprint density at radius 2 is 0.771 bits per heavy atom. The fourth-order valence-corrected chi connectivity index (χ4v) is 12.3. The van der Waals surface area contributed by atoms with Crippen molar-refractivity contribution in [3.8, 4) is 0 Å². The summed E-state index contributed by atoms with van der Waals surface area (Å²) in [5.74, 6) is -0.255. The molecule has 0 radical (unpaired) electrons. The molecule has 492 valence electrons. The molecule has 1 fully saturated rings. The molecule has 0 spiro atoms. The molecule has 7 unspecified atom stereocenters. The van der Waals surface area contributed by atoms with Gasteiger partial charge in [-0.25, -0.2) is 4.18 Å². The van der Waals surface area contributed by atoms with E-state index in [0.29, 0.717) is 6.42 Å². The van der Waals surface area contributed by atoms with Gasteiger partial charge in [0, 0.05) is 6.42 Å². The number of carbonyl (C=O) groups excluding carboxylic acids is 1. The lowest BCUT2D eigenvalue weighted by Gasteiger charge is -2.41. The zero-order valence-electron chi connectivity index (χ0n) is 54.0. The summed E-state index contributed by atoms with van der Waals surface area (Å²) in [6.07, 6.45) is 68.3. The molecule has 83 heavy (non-hydrogen) atoms. The van der Waals surface area contributed by atoms with Gasteiger partial charge in [0.2, 0.25) is 5.91 Å². The second-order valence-electron chi connectivity index (χ2n) is 25.2. The lowest BCUT2D eigenvalue weighted by molar-refractivity contribution is -0.298. The summed E-state index contributed by atoms with van der Waals surface area (Å²) in [6.45, 7) is 3.47. The fraction of sp³-hybridized carbons (Fsp3) is 0.929. The van der Waals surface area contributed by atoms with E-state index in [-0.39, 0.29) is 18.9 Å². The van der Waals surface area contributed by atoms with Crippen molar-refractivity contribution in [2.75, 3.05) is 13.2 Å². The van der Waals surface area contributed by atoms with Crippen molar-refractivity contribution in [2.24, 2.45) is 0 Å². The van der Waals surface area contributed by atoms with Gasteiger partial charge in [0.15, 0.2) is 6.29 Å². The van der Waals surface area contributed by atoms with Crippen LogP contribution in [0.2, 0.25) is 0 Å². The topological polar surface area (TPSA) is 192 Å². The van der Waals surface area contributed by atoms with E-state index >= 15 is 0 Å². The number of hydrogen-bond acceptors (Lipinski definition) is 10. The third-order valence-electron chi connectivity index (χ3n) is 17.2. The van der Waals surface area contributed by atoms with Crippen molar-refractivity contribution in [3.05, 3.63) is 24.3 Å². The zero-order chi connectivity index (χ0) is 60.4. The highest BCUT2D eigenvalue weighted by atomic mass is 32.3. The van der Waals surface area contributed by atoms with Crippen LogP contribution in [0.1, 0.15) is 361 Å². The summed E-state index contributed by atoms with van der Waals surface area (Å²) in [5, 5.41) is 45.2. The van der Waals surface area contributed by atoms with E-state index in [9.17, 15) is 38.2 Å². The van der Waals surface area contributed by atoms with E-state index in [0.717, 1.165) is 38.5 Å². The number of unbranched alkanes of at least 4 members (excludes halogenated alkanes) is 50. The van der Waals surface area contributed by atoms with E-state index in [1.54, 1.807) is 6.08 Å². The van der Waals surface area contributed by atoms with Gasteiger partial charge < -0.3 is 35.2 Å². The maximum atomic E-state index is 13.2. The van der Waals surface area contributed by atoms with Crippen LogP contribution < -0.4 is 5.32 Å². The lowest BCUT2D eigenvalue weighted by atomic mass is 9.99. The minimum atomic E-state index is -5.09. The van der Waals surface area contributed by atoms with Gasteiger partial charge in [-0.15, -0.1) is 0 Å². The van der Waals surface area contributed by atoms with Gasteiger partial charge in [0.05, 0.1) is 25.4 Å². The lowest BCUT2D eigenvalue weighted by Crippen LogP contribution is -2.61. The second-order valence-corrected chi connectivity index (χ2v) is 26.2. The standard InChI is InChI=1S/C70H135NO11S/c1-3-5-7-9-11-13-15-17-19-21-23-25-27-29-30-31-32-33-34-35-36-38-40-42-44-46-48-50-52-54-56-58-60-66(74)71-63(62-80-70-68(76)69(82-83(77,78)79)67(75)65(61-72)81-70)64(73)59-57-55-53-51-49-47-45-43-41-39-37-28-26-24-22-20-18-16-14-12-10-8-6-4-2/h29-30,57,59,63-65,67-70,72-73,75-76H,3-28,31-56,58,60-62H2,1-2H3,(H,71,74)(H,77,78,79)/b30-29-,59-57+. The number of aliphatic hydroxyl groups is 4. The normalized spacial score (nSPS) is 18.5. The fourth-order valence-electron chi connectivity index (χ4n) is 11.8. The van der Waals surface area contributed by atoms with Crippen LogP contribution in [0.4, 0.5) is 0 Å². The van der Waals surface area contributed by atoms with Crippen LogP contribution in [-0.4, -0.2) is 95.4 Å². The number of ether oxygens (including phenoxy) is 2. The minimum Gasteiger partial charge on any atom is -0.394 e. The first kappa shape index (κ1) is 79.6. The zero-order valence-corrected chi connectivity index (χ0v) is 54.9. The second kappa shape index (κ2) is 59.5. The Balaban J connectivity index is 2.23. The average Bonchev–Trinajstić information content (AvgIpc) is 3.56. The van der Waals surface area contributed by atoms with Crippen LogP contribution in [0.25, 0.3) is 0 Å². The van der Waals surface area contributed by atoms with E-state index in [4.69, 9.17) is 9.47 Å². The van der Waals surface area contributed by atoms with E-state index in [1.807, 2.05) is 6.08 Å². The van der Waals surface area contributed by atoms with Gasteiger partial charge in [-0.1, -0.05) is 334 Å². The van der Waals surface area contributed by atoms with Crippen molar-refractivity contribution in [2.45, 2.75) is 403 Å². The third kappa shape index (κ3) is 51.2. The quantitative estimate of drug-likeness (QED) is 0.0193. The van der Waals surface area contributed by atoms with Crippen molar-refractivity contribution >= 4 is 16.3 Å². The molecule has 0 bridgehead atoms. The van der Waals surface area contributed by atoms with Crippen LogP contribution in [0.5, 0.6) is 0 Å². The summed E-state index contributed by atoms with van der Waals surface area (Å²) in [4.78, 5) is 13.2. The molecular weight excluding hydrogens is 1060 g/mol. The van der Waals surface area contributed by atoms with Crippen LogP contribution >= 0.6 is 0 Å². The minimum absolute atomic E-state index is 0.255. The molecule has 7 atom stereocenters. The van der Waals surface area contributed by atoms with E-state index in [2.05, 4.69) is 35.5 Å². The highest BCUT2D eigenvalue weighted by molar-refractivity contribution is 7.80. The Hall–Kier alpha value is -1.42. The van der Waals surface area contributed by atoms with Crippen molar-refractivity contribution in [1.82, 2.24) is 5.32 Å². The molecule has 1 rings (SSSR count). The largest absolute Gasteiger partial charge is 0.397 e. The van der Waals surface area contributed by atoms with Crippen LogP contribution in [-0.2, 0) is 28.9 Å². The molecule has 0 aromatic heterocycles. The highest BCUT2D eigenvalue weighted by Gasteiger charge is 2.48. The van der Waals surface area contributed by atoms with Gasteiger partial charge in [-0.05, 0) is 44.9 Å². The Morgan fingerprint density at radius 3 is 1.08 bits per heavy atom. The molecule has 1 heterocycles. The van der Waals surface area contributed by atoms with Crippen molar-refractivity contribution in [1.29, 1.82) is 0 Å². The Labute approximate surface area is 512 Å². The molecular formula is C70H135NO11S. The summed E-state index contributed by atoms with van der Waals surface area (Å²) >= 11 is 0. The Kier molecular flexibility index (Phi) is 57.1. The average molecular weight is 1200 g/mol. The summed E-state index contributed by atoms with van der Waals surface area (Å²) < 4.78 is 48.1. The molecule has 0 aliphatic carbocycles. The first-order valence-electron chi connectivity index (χ1n) is 35.7. The first-order chi connectivity index (χ1) is 40.5. The SMILES string of the molecule is CCCCCCCCCCCCCC/C=C\CCCCCCCCCCCCCCCCCCC(=O)NC(COC1OC(CO)C(O)C(OS(=O)(=O)O)C1O)C(O)/C=C/CCCCCCCCCCCCCCCCCCCCCCCC. The predicted octanol–water partition coefficient (Wildman–Crippen LogP) is 18.7. The monoisotopic (exact) mass is 1200 g/mol. The highest BCUT2D eigenvalue weighted by Crippen LogP contribution is 2.26. The molecule has 0 aromatic rings. The molecule has 1 amide bonds. The van der Waals surface area contributed by atoms with Gasteiger partial charge in [-0.3, -0.25) is 9.35 Å². The molecule has 0 aromatic carbocycles. The number of hydrogen-bond donors (Lipinski definition) is 6. The van der Waals surface area contributed by atoms with E-state index in [1.165, 1.54) is 295 Å². The molecule has 1 aliphatic heterocycles. The van der Waals surface area contributed by atoms with Gasteiger partial charge in [-0.2, -0.15) is 8.42 Å². The number of nitrogens with one attached hydrogen (secondary N) is 1. The molecule has 13 heteroatoms. The van der Waals surface area contributed by atoms with Gasteiger partial charge in [0.25, 0.3) is 0 Å². The maximum Gasteiger partial charge on any atom is 0.397 e. The Morgan fingerprint density at radius 1 is 0.470 bits per heavy atom. The third-order valence-corrected chi connectivity index (χ3v) is 17.7. The van der Waals surface area contributed by atoms with E-state index < -0.39 is 59.9 Å². The van der Waals surface area contributed by atoms with Gasteiger partial charge in [0.1, 0.15) is 24.4 Å². The molecule has 1 aliphatic rings.